The Balaban J connectivity index is 3.47. The molecule has 76 valence electrons. The van der Waals surface area contributed by atoms with E-state index in [4.69, 9.17) is 22.2 Å². The van der Waals surface area contributed by atoms with E-state index in [9.17, 15) is 9.18 Å². The van der Waals surface area contributed by atoms with Crippen molar-refractivity contribution in [2.45, 2.75) is 19.0 Å². The molecule has 0 spiro atoms. The van der Waals surface area contributed by atoms with Crippen molar-refractivity contribution in [3.05, 3.63) is 12.4 Å². The van der Waals surface area contributed by atoms with Crippen LogP contribution in [-0.2, 0) is 9.53 Å². The first-order chi connectivity index (χ1) is 5.83. The molecule has 0 saturated heterocycles. The van der Waals surface area contributed by atoms with Gasteiger partial charge in [0.2, 0.25) is 12.5 Å². The number of rotatable bonds is 5. The van der Waals surface area contributed by atoms with Gasteiger partial charge < -0.3 is 4.74 Å². The highest BCUT2D eigenvalue weighted by Gasteiger charge is 2.20. The number of carbonyl (C=O) groups is 1. The van der Waals surface area contributed by atoms with Crippen molar-refractivity contribution in [2.75, 3.05) is 6.61 Å². The molecule has 0 aromatic heterocycles. The molecule has 0 N–H and O–H groups in total. The van der Waals surface area contributed by atoms with Crippen molar-refractivity contribution >= 4 is 34.8 Å². The second-order valence-electron chi connectivity index (χ2n) is 2.71. The fourth-order valence-corrected chi connectivity index (χ4v) is 2.19. The molecule has 0 rings (SSSR count). The van der Waals surface area contributed by atoms with Crippen molar-refractivity contribution in [3.8, 4) is 0 Å². The van der Waals surface area contributed by atoms with E-state index >= 15 is 0 Å². The molecule has 0 aliphatic carbocycles. The quantitative estimate of drug-likeness (QED) is 0.245. The molecule has 0 atom stereocenters. The Kier molecular flexibility index (Phi) is 5.59. The van der Waals surface area contributed by atoms with Gasteiger partial charge >= 0.3 is 5.97 Å². The molecular weight excluding hydrogens is 234 g/mol. The molecule has 6 heteroatoms. The zero-order valence-corrected chi connectivity index (χ0v) is 9.79. The summed E-state index contributed by atoms with van der Waals surface area (Å²) < 4.78 is 16.5. The highest BCUT2D eigenvalue weighted by Crippen LogP contribution is 2.21. The van der Waals surface area contributed by atoms with Crippen LogP contribution in [0.1, 0.15) is 6.42 Å². The minimum absolute atomic E-state index is 0.129. The SMILES string of the molecule is C=C(F)C(=O)OCCC[Si](C)(Cl)Cl. The van der Waals surface area contributed by atoms with Crippen molar-refractivity contribution in [1.82, 2.24) is 0 Å². The third-order valence-electron chi connectivity index (χ3n) is 1.21. The second kappa shape index (κ2) is 5.62. The first-order valence-corrected chi connectivity index (χ1v) is 8.45. The summed E-state index contributed by atoms with van der Waals surface area (Å²) in [6, 6.07) is 0.613. The maximum Gasteiger partial charge on any atom is 0.366 e. The third kappa shape index (κ3) is 8.27. The maximum atomic E-state index is 12.0. The van der Waals surface area contributed by atoms with Crippen molar-refractivity contribution in [1.29, 1.82) is 0 Å². The predicted molar refractivity (Wildman–Crippen MR) is 54.0 cm³/mol. The van der Waals surface area contributed by atoms with Gasteiger partial charge in [-0.05, 0) is 19.0 Å². The average molecular weight is 245 g/mol. The van der Waals surface area contributed by atoms with Crippen molar-refractivity contribution in [3.63, 3.8) is 0 Å². The molecule has 0 radical (unpaired) electrons. The molecule has 0 aliphatic rings. The van der Waals surface area contributed by atoms with E-state index in [1.807, 2.05) is 0 Å². The van der Waals surface area contributed by atoms with Gasteiger partial charge in [0.05, 0.1) is 6.61 Å². The molecule has 0 aliphatic heterocycles. The van der Waals surface area contributed by atoms with Crippen molar-refractivity contribution in [2.24, 2.45) is 0 Å². The number of carbonyl (C=O) groups excluding carboxylic acids is 1. The minimum Gasteiger partial charge on any atom is -0.460 e. The van der Waals surface area contributed by atoms with Gasteiger partial charge in [0.1, 0.15) is 0 Å². The van der Waals surface area contributed by atoms with Crippen LogP contribution in [0.15, 0.2) is 12.4 Å². The summed E-state index contributed by atoms with van der Waals surface area (Å²) in [4.78, 5) is 10.5. The lowest BCUT2D eigenvalue weighted by atomic mass is 10.5. The van der Waals surface area contributed by atoms with Gasteiger partial charge in [0, 0.05) is 0 Å². The van der Waals surface area contributed by atoms with Crippen LogP contribution >= 0.6 is 22.2 Å². The van der Waals surface area contributed by atoms with Crippen LogP contribution in [-0.4, -0.2) is 19.3 Å². The normalized spacial score (nSPS) is 11.1. The van der Waals surface area contributed by atoms with Gasteiger partial charge in [-0.3, -0.25) is 0 Å². The molecule has 0 amide bonds. The summed E-state index contributed by atoms with van der Waals surface area (Å²) in [7, 11) is 0. The minimum atomic E-state index is -2.12. The highest BCUT2D eigenvalue weighted by molar-refractivity contribution is 7.44. The summed E-state index contributed by atoms with van der Waals surface area (Å²) in [6.45, 7) is 2.58. The van der Waals surface area contributed by atoms with Crippen LogP contribution < -0.4 is 0 Å². The Morgan fingerprint density at radius 3 is 2.54 bits per heavy atom. The smallest absolute Gasteiger partial charge is 0.366 e. The number of hydrogen-bond acceptors (Lipinski definition) is 2. The van der Waals surface area contributed by atoms with Gasteiger partial charge in [-0.1, -0.05) is 6.58 Å². The van der Waals surface area contributed by atoms with Crippen LogP contribution in [0.2, 0.25) is 12.6 Å². The van der Waals surface area contributed by atoms with E-state index in [1.165, 1.54) is 0 Å². The Morgan fingerprint density at radius 1 is 1.62 bits per heavy atom. The molecule has 0 heterocycles. The molecule has 0 fully saturated rings. The van der Waals surface area contributed by atoms with E-state index in [-0.39, 0.29) is 6.61 Å². The number of esters is 1. The monoisotopic (exact) mass is 244 g/mol. The second-order valence-corrected chi connectivity index (χ2v) is 10.9. The Labute approximate surface area is 87.1 Å². The van der Waals surface area contributed by atoms with E-state index in [2.05, 4.69) is 11.3 Å². The maximum absolute atomic E-state index is 12.0. The standard InChI is InChI=1S/C7H11Cl2FO2Si/c1-6(10)7(11)12-4-3-5-13(2,8)9/h1,3-5H2,2H3. The molecule has 0 aromatic rings. The van der Waals surface area contributed by atoms with E-state index in [0.717, 1.165) is 0 Å². The van der Waals surface area contributed by atoms with Gasteiger partial charge in [-0.15, -0.1) is 22.2 Å². The van der Waals surface area contributed by atoms with Crippen molar-refractivity contribution < 1.29 is 13.9 Å². The van der Waals surface area contributed by atoms with E-state index in [1.54, 1.807) is 6.55 Å². The number of ether oxygens (including phenoxy) is 1. The summed E-state index contributed by atoms with van der Waals surface area (Å²) in [5, 5.41) is 0. The number of hydrogen-bond donors (Lipinski definition) is 0. The molecule has 0 aromatic carbocycles. The fraction of sp³-hybridized carbons (Fsp3) is 0.571. The van der Waals surface area contributed by atoms with E-state index < -0.39 is 18.5 Å². The predicted octanol–water partition coefficient (Wildman–Crippen LogP) is 2.95. The van der Waals surface area contributed by atoms with Crippen LogP contribution in [0.4, 0.5) is 4.39 Å². The zero-order valence-electron chi connectivity index (χ0n) is 7.28. The van der Waals surface area contributed by atoms with E-state index in [0.29, 0.717) is 12.5 Å². The van der Waals surface area contributed by atoms with Crippen LogP contribution in [0.3, 0.4) is 0 Å². The van der Waals surface area contributed by atoms with Crippen LogP contribution in [0, 0.1) is 0 Å². The average Bonchev–Trinajstić information content (AvgIpc) is 1.95. The summed E-state index contributed by atoms with van der Waals surface area (Å²) >= 11 is 11.6. The lowest BCUT2D eigenvalue weighted by molar-refractivity contribution is -0.140. The zero-order chi connectivity index (χ0) is 10.5. The van der Waals surface area contributed by atoms with Crippen LogP contribution in [0.25, 0.3) is 0 Å². The molecule has 0 unspecified atom stereocenters. The van der Waals surface area contributed by atoms with Crippen LogP contribution in [0.5, 0.6) is 0 Å². The Hall–Kier alpha value is -0.0631. The number of halogens is 3. The van der Waals surface area contributed by atoms with Gasteiger partial charge in [-0.25, -0.2) is 4.79 Å². The lowest BCUT2D eigenvalue weighted by Crippen LogP contribution is -2.14. The molecular formula is C7H11Cl2FO2Si. The topological polar surface area (TPSA) is 26.3 Å². The third-order valence-corrected chi connectivity index (χ3v) is 3.58. The summed E-state index contributed by atoms with van der Waals surface area (Å²) in [5.41, 5.74) is 0. The Morgan fingerprint density at radius 2 is 2.15 bits per heavy atom. The molecule has 13 heavy (non-hydrogen) atoms. The van der Waals surface area contributed by atoms with Gasteiger partial charge in [0.15, 0.2) is 0 Å². The van der Waals surface area contributed by atoms with Gasteiger partial charge in [0.25, 0.3) is 0 Å². The molecule has 2 nitrogen and oxygen atoms in total. The fourth-order valence-electron chi connectivity index (χ4n) is 0.626. The lowest BCUT2D eigenvalue weighted by Gasteiger charge is -2.09. The first kappa shape index (κ1) is 12.9. The summed E-state index contributed by atoms with van der Waals surface area (Å²) in [6.07, 6.45) is 0.550. The van der Waals surface area contributed by atoms with Gasteiger partial charge in [-0.2, -0.15) is 4.39 Å². The Bertz CT molecular complexity index is 203. The summed E-state index contributed by atoms with van der Waals surface area (Å²) in [5.74, 6) is -2.11. The largest absolute Gasteiger partial charge is 0.460 e. The first-order valence-electron chi connectivity index (χ1n) is 3.72. The highest BCUT2D eigenvalue weighted by atomic mass is 35.7. The molecule has 0 saturated carbocycles. The molecule has 0 bridgehead atoms.